The summed E-state index contributed by atoms with van der Waals surface area (Å²) < 4.78 is 0. The van der Waals surface area contributed by atoms with E-state index in [-0.39, 0.29) is 0 Å². The van der Waals surface area contributed by atoms with E-state index in [9.17, 15) is 0 Å². The topological polar surface area (TPSA) is 0 Å². The van der Waals surface area contributed by atoms with Crippen molar-refractivity contribution in [3.8, 4) is 0 Å². The molecule has 0 saturated heterocycles. The molecule has 2 spiro atoms. The van der Waals surface area contributed by atoms with Crippen molar-refractivity contribution in [3.05, 3.63) is 34.4 Å². The van der Waals surface area contributed by atoms with Crippen molar-refractivity contribution >= 4 is 0 Å². The minimum atomic E-state index is 0.740. The molecule has 0 aromatic heterocycles. The second-order valence-electron chi connectivity index (χ2n) is 8.49. The summed E-state index contributed by atoms with van der Waals surface area (Å²) in [7, 11) is 0. The first-order valence-electron chi connectivity index (χ1n) is 7.48. The second kappa shape index (κ2) is 1.38. The summed E-state index contributed by atoms with van der Waals surface area (Å²) in [5.41, 5.74) is 9.68. The van der Waals surface area contributed by atoms with Gasteiger partial charge < -0.3 is 0 Å². The van der Waals surface area contributed by atoms with Crippen molar-refractivity contribution in [2.24, 2.45) is 22.7 Å². The normalized spacial score (nSPS) is 70.1. The first-order valence-corrected chi connectivity index (χ1v) is 7.48. The molecule has 0 heteroatoms. The molecule has 7 aliphatic rings. The van der Waals surface area contributed by atoms with Gasteiger partial charge in [0, 0.05) is 5.41 Å². The molecule has 4 fully saturated rings. The fraction of sp³-hybridized carbons (Fsp3) is 0.647. The number of hydrogen-bond acceptors (Lipinski definition) is 0. The van der Waals surface area contributed by atoms with Crippen LogP contribution in [-0.2, 0) is 11.8 Å². The van der Waals surface area contributed by atoms with E-state index in [1.807, 2.05) is 16.7 Å². The quantitative estimate of drug-likeness (QED) is 0.627. The van der Waals surface area contributed by atoms with E-state index >= 15 is 0 Å². The van der Waals surface area contributed by atoms with Crippen molar-refractivity contribution in [3.63, 3.8) is 0 Å². The van der Waals surface area contributed by atoms with Gasteiger partial charge in [-0.2, -0.15) is 0 Å². The van der Waals surface area contributed by atoms with Gasteiger partial charge in [0.2, 0.25) is 0 Å². The molecule has 0 N–H and O–H groups in total. The Morgan fingerprint density at radius 3 is 3.12 bits per heavy atom. The summed E-state index contributed by atoms with van der Waals surface area (Å²) in [5.74, 6) is 4.36. The molecule has 0 radical (unpaired) electrons. The molecule has 0 nitrogen and oxygen atoms in total. The van der Waals surface area contributed by atoms with Gasteiger partial charge in [0.1, 0.15) is 0 Å². The van der Waals surface area contributed by atoms with Crippen LogP contribution in [0.5, 0.6) is 0 Å². The third kappa shape index (κ3) is 0.327. The fourth-order valence-corrected chi connectivity index (χ4v) is 9.17. The van der Waals surface area contributed by atoms with Gasteiger partial charge in [0.25, 0.3) is 0 Å². The van der Waals surface area contributed by atoms with Gasteiger partial charge in [-0.15, -0.1) is 0 Å². The minimum absolute atomic E-state index is 0.740. The monoisotopic (exact) mass is 218 g/mol. The van der Waals surface area contributed by atoms with Crippen LogP contribution in [0.3, 0.4) is 0 Å². The van der Waals surface area contributed by atoms with Crippen LogP contribution in [0.2, 0.25) is 0 Å². The average Bonchev–Trinajstić information content (AvgIpc) is 2.72. The first-order chi connectivity index (χ1) is 8.31. The van der Waals surface area contributed by atoms with Crippen molar-refractivity contribution in [1.82, 2.24) is 0 Å². The van der Waals surface area contributed by atoms with Crippen molar-refractivity contribution < 1.29 is 0 Å². The SMILES string of the molecule is c1c2c3cc4c1C1C4C45CC6(C2)CC(C14)C36C5. The van der Waals surface area contributed by atoms with Crippen molar-refractivity contribution in [2.45, 2.75) is 42.9 Å². The Labute approximate surface area is 100 Å². The molecule has 7 unspecified atom stereocenters. The van der Waals surface area contributed by atoms with Gasteiger partial charge in [-0.1, -0.05) is 12.1 Å². The smallest absolute Gasteiger partial charge is 0.00528 e. The molecule has 17 heavy (non-hydrogen) atoms. The predicted octanol–water partition coefficient (Wildman–Crippen LogP) is 3.10. The molecule has 1 aromatic carbocycles. The van der Waals surface area contributed by atoms with Gasteiger partial charge >= 0.3 is 0 Å². The summed E-state index contributed by atoms with van der Waals surface area (Å²) >= 11 is 0. The summed E-state index contributed by atoms with van der Waals surface area (Å²) in [6, 6.07) is 5.37. The molecule has 1 aromatic rings. The Hall–Kier alpha value is -0.780. The Morgan fingerprint density at radius 1 is 1.12 bits per heavy atom. The number of hydrogen-bond donors (Lipinski definition) is 0. The van der Waals surface area contributed by atoms with E-state index in [0.717, 1.165) is 39.9 Å². The molecule has 82 valence electrons. The zero-order valence-corrected chi connectivity index (χ0v) is 9.79. The lowest BCUT2D eigenvalue weighted by Gasteiger charge is -2.75. The van der Waals surface area contributed by atoms with Crippen LogP contribution < -0.4 is 0 Å². The molecular formula is C17H14. The molecule has 0 heterocycles. The maximum absolute atomic E-state index is 2.70. The zero-order valence-electron chi connectivity index (χ0n) is 9.79. The highest BCUT2D eigenvalue weighted by atomic mass is 15.0. The summed E-state index contributed by atoms with van der Waals surface area (Å²) in [4.78, 5) is 0. The van der Waals surface area contributed by atoms with Gasteiger partial charge in [0.05, 0.1) is 0 Å². The van der Waals surface area contributed by atoms with Gasteiger partial charge in [-0.3, -0.25) is 0 Å². The molecule has 4 saturated carbocycles. The zero-order chi connectivity index (χ0) is 10.4. The Kier molecular flexibility index (Phi) is 0.566. The Balaban J connectivity index is 1.78. The van der Waals surface area contributed by atoms with Crippen LogP contribution in [0.1, 0.15) is 53.4 Å². The Bertz CT molecular complexity index is 715. The van der Waals surface area contributed by atoms with Crippen LogP contribution in [0.25, 0.3) is 0 Å². The van der Waals surface area contributed by atoms with Gasteiger partial charge in [0.15, 0.2) is 0 Å². The van der Waals surface area contributed by atoms with Crippen LogP contribution in [-0.4, -0.2) is 0 Å². The van der Waals surface area contributed by atoms with E-state index in [1.54, 1.807) is 24.8 Å². The highest BCUT2D eigenvalue weighted by molar-refractivity contribution is 5.70. The van der Waals surface area contributed by atoms with E-state index in [1.165, 1.54) is 6.42 Å². The van der Waals surface area contributed by atoms with Crippen LogP contribution in [0, 0.1) is 22.7 Å². The Morgan fingerprint density at radius 2 is 2.12 bits per heavy atom. The standard InChI is InChI=1S/C17H14/c1-7-3-15-4-11-14-12-8(1)9-2-10(7)17(11,15)6-16(14,5-15)13(9)12/h1-2,11-14H,3-6H2. The third-order valence-corrected chi connectivity index (χ3v) is 8.94. The number of fused-ring (bicyclic) bond motifs is 3. The van der Waals surface area contributed by atoms with Crippen molar-refractivity contribution in [1.29, 1.82) is 0 Å². The number of benzene rings is 1. The molecule has 7 atom stereocenters. The van der Waals surface area contributed by atoms with Crippen LogP contribution in [0.4, 0.5) is 0 Å². The molecule has 7 aliphatic carbocycles. The van der Waals surface area contributed by atoms with Gasteiger partial charge in [-0.05, 0) is 82.4 Å². The molecule has 4 bridgehead atoms. The van der Waals surface area contributed by atoms with E-state index in [2.05, 4.69) is 12.1 Å². The third-order valence-electron chi connectivity index (χ3n) is 8.94. The van der Waals surface area contributed by atoms with Crippen LogP contribution in [0.15, 0.2) is 12.1 Å². The van der Waals surface area contributed by atoms with Gasteiger partial charge in [-0.25, -0.2) is 0 Å². The maximum Gasteiger partial charge on any atom is 0.00528 e. The molecular weight excluding hydrogens is 204 g/mol. The van der Waals surface area contributed by atoms with E-state index in [0.29, 0.717) is 0 Å². The molecule has 8 rings (SSSR count). The van der Waals surface area contributed by atoms with E-state index in [4.69, 9.17) is 0 Å². The lowest BCUT2D eigenvalue weighted by molar-refractivity contribution is -0.181. The van der Waals surface area contributed by atoms with Crippen molar-refractivity contribution in [2.75, 3.05) is 0 Å². The predicted molar refractivity (Wildman–Crippen MR) is 63.0 cm³/mol. The fourth-order valence-electron chi connectivity index (χ4n) is 9.17. The second-order valence-corrected chi connectivity index (χ2v) is 8.49. The van der Waals surface area contributed by atoms with E-state index < -0.39 is 0 Å². The highest BCUT2D eigenvalue weighted by Gasteiger charge is 2.92. The summed E-state index contributed by atoms with van der Waals surface area (Å²) in [6.07, 6.45) is 6.34. The maximum atomic E-state index is 2.70. The summed E-state index contributed by atoms with van der Waals surface area (Å²) in [5, 5.41) is 0. The molecule has 0 amide bonds. The largest absolute Gasteiger partial charge is 0.0549 e. The lowest BCUT2D eigenvalue weighted by Crippen LogP contribution is -2.68. The minimum Gasteiger partial charge on any atom is -0.0549 e. The lowest BCUT2D eigenvalue weighted by atomic mass is 9.28. The average molecular weight is 218 g/mol. The first kappa shape index (κ1) is 6.97. The van der Waals surface area contributed by atoms with Crippen LogP contribution >= 0.6 is 0 Å². The highest BCUT2D eigenvalue weighted by Crippen LogP contribution is 2.99. The number of rotatable bonds is 0. The summed E-state index contributed by atoms with van der Waals surface area (Å²) in [6.45, 7) is 0. The molecule has 0 aliphatic heterocycles.